The Morgan fingerprint density at radius 3 is 2.40 bits per heavy atom. The van der Waals surface area contributed by atoms with Gasteiger partial charge in [-0.2, -0.15) is 0 Å². The van der Waals surface area contributed by atoms with Crippen LogP contribution in [0.4, 0.5) is 0 Å². The van der Waals surface area contributed by atoms with Gasteiger partial charge in [-0.05, 0) is 60.6 Å². The van der Waals surface area contributed by atoms with Gasteiger partial charge in [0.2, 0.25) is 5.91 Å². The van der Waals surface area contributed by atoms with Crippen LogP contribution in [0.25, 0.3) is 0 Å². The zero-order valence-electron chi connectivity index (χ0n) is 18.0. The molecule has 0 atom stereocenters. The summed E-state index contributed by atoms with van der Waals surface area (Å²) < 4.78 is 5.23. The van der Waals surface area contributed by atoms with Crippen molar-refractivity contribution in [1.82, 2.24) is 14.7 Å². The Morgan fingerprint density at radius 1 is 0.867 bits per heavy atom. The van der Waals surface area contributed by atoms with Crippen molar-refractivity contribution in [3.8, 4) is 5.75 Å². The predicted molar refractivity (Wildman–Crippen MR) is 122 cm³/mol. The van der Waals surface area contributed by atoms with Gasteiger partial charge in [0.15, 0.2) is 0 Å². The standard InChI is InChI=1S/C24H33N3O2S/c1-29-22-7-5-20(6-8-22)17-27-14-13-26(12-9-24(27)28)18-23-15-21(19-30-23)16-25-10-3-2-4-11-25/h5-8,15,19H,2-4,9-14,16-18H2,1H3. The van der Waals surface area contributed by atoms with Gasteiger partial charge in [-0.3, -0.25) is 14.6 Å². The Morgan fingerprint density at radius 2 is 1.63 bits per heavy atom. The van der Waals surface area contributed by atoms with E-state index in [9.17, 15) is 4.79 Å². The van der Waals surface area contributed by atoms with Crippen molar-refractivity contribution < 1.29 is 9.53 Å². The number of nitrogens with zero attached hydrogens (tertiary/aromatic N) is 3. The summed E-state index contributed by atoms with van der Waals surface area (Å²) in [7, 11) is 1.67. The molecular formula is C24H33N3O2S. The molecule has 2 aromatic rings. The summed E-state index contributed by atoms with van der Waals surface area (Å²) in [5, 5.41) is 2.32. The van der Waals surface area contributed by atoms with Crippen LogP contribution in [0.1, 0.15) is 41.7 Å². The third-order valence-corrected chi connectivity index (χ3v) is 7.13. The number of piperidine rings is 1. The van der Waals surface area contributed by atoms with Crippen molar-refractivity contribution in [3.05, 3.63) is 51.7 Å². The third-order valence-electron chi connectivity index (χ3n) is 6.16. The first-order chi connectivity index (χ1) is 14.7. The van der Waals surface area contributed by atoms with Gasteiger partial charge in [0, 0.05) is 50.6 Å². The topological polar surface area (TPSA) is 36.0 Å². The van der Waals surface area contributed by atoms with E-state index < -0.39 is 0 Å². The molecular weight excluding hydrogens is 394 g/mol. The quantitative estimate of drug-likeness (QED) is 0.670. The molecule has 2 fully saturated rings. The van der Waals surface area contributed by atoms with E-state index in [0.29, 0.717) is 13.0 Å². The molecule has 0 unspecified atom stereocenters. The van der Waals surface area contributed by atoms with Crippen molar-refractivity contribution in [3.63, 3.8) is 0 Å². The average Bonchev–Trinajstić information content (AvgIpc) is 3.14. The fourth-order valence-corrected chi connectivity index (χ4v) is 5.30. The molecule has 1 aromatic heterocycles. The van der Waals surface area contributed by atoms with Crippen molar-refractivity contribution in [2.75, 3.05) is 39.8 Å². The van der Waals surface area contributed by atoms with Crippen molar-refractivity contribution in [1.29, 1.82) is 0 Å². The summed E-state index contributed by atoms with van der Waals surface area (Å²) in [5.74, 6) is 1.10. The molecule has 0 spiro atoms. The maximum atomic E-state index is 12.6. The van der Waals surface area contributed by atoms with Crippen LogP contribution in [-0.2, 0) is 24.4 Å². The highest BCUT2D eigenvalue weighted by Crippen LogP contribution is 2.21. The lowest BCUT2D eigenvalue weighted by atomic mass is 10.1. The number of amides is 1. The first kappa shape index (κ1) is 21.3. The molecule has 30 heavy (non-hydrogen) atoms. The lowest BCUT2D eigenvalue weighted by molar-refractivity contribution is -0.130. The molecule has 2 aliphatic heterocycles. The van der Waals surface area contributed by atoms with Crippen LogP contribution in [-0.4, -0.2) is 60.4 Å². The summed E-state index contributed by atoms with van der Waals surface area (Å²) in [6.45, 7) is 7.76. The highest BCUT2D eigenvalue weighted by atomic mass is 32.1. The van der Waals surface area contributed by atoms with E-state index in [1.165, 1.54) is 42.8 Å². The molecule has 2 aliphatic rings. The van der Waals surface area contributed by atoms with Gasteiger partial charge < -0.3 is 9.64 Å². The van der Waals surface area contributed by atoms with Gasteiger partial charge in [-0.15, -0.1) is 11.3 Å². The molecule has 3 heterocycles. The van der Waals surface area contributed by atoms with Gasteiger partial charge in [0.05, 0.1) is 7.11 Å². The van der Waals surface area contributed by atoms with E-state index in [1.54, 1.807) is 7.11 Å². The largest absolute Gasteiger partial charge is 0.497 e. The maximum absolute atomic E-state index is 12.6. The summed E-state index contributed by atoms with van der Waals surface area (Å²) in [6, 6.07) is 10.4. The summed E-state index contributed by atoms with van der Waals surface area (Å²) in [5.41, 5.74) is 2.60. The Kier molecular flexibility index (Phi) is 7.42. The number of likely N-dealkylation sites (tertiary alicyclic amines) is 1. The molecule has 0 aliphatic carbocycles. The Hall–Kier alpha value is -1.89. The summed E-state index contributed by atoms with van der Waals surface area (Å²) >= 11 is 1.87. The van der Waals surface area contributed by atoms with E-state index in [2.05, 4.69) is 21.2 Å². The molecule has 1 amide bonds. The van der Waals surface area contributed by atoms with Crippen LogP contribution < -0.4 is 4.74 Å². The van der Waals surface area contributed by atoms with Gasteiger partial charge >= 0.3 is 0 Å². The maximum Gasteiger partial charge on any atom is 0.224 e. The van der Waals surface area contributed by atoms with Gasteiger partial charge in [0.1, 0.15) is 5.75 Å². The number of hydrogen-bond donors (Lipinski definition) is 0. The smallest absolute Gasteiger partial charge is 0.224 e. The molecule has 0 N–H and O–H groups in total. The van der Waals surface area contributed by atoms with Gasteiger partial charge in [0.25, 0.3) is 0 Å². The number of carbonyl (C=O) groups is 1. The van der Waals surface area contributed by atoms with Crippen LogP contribution in [0.15, 0.2) is 35.7 Å². The second-order valence-corrected chi connectivity index (χ2v) is 9.44. The van der Waals surface area contributed by atoms with Crippen LogP contribution in [0.2, 0.25) is 0 Å². The average molecular weight is 428 g/mol. The second kappa shape index (κ2) is 10.4. The lowest BCUT2D eigenvalue weighted by Gasteiger charge is -2.25. The third kappa shape index (κ3) is 5.84. The highest BCUT2D eigenvalue weighted by molar-refractivity contribution is 7.10. The summed E-state index contributed by atoms with van der Waals surface area (Å²) in [4.78, 5) is 21.1. The van der Waals surface area contributed by atoms with Crippen LogP contribution in [0.5, 0.6) is 5.75 Å². The van der Waals surface area contributed by atoms with Crippen molar-refractivity contribution >= 4 is 17.2 Å². The SMILES string of the molecule is COc1ccc(CN2CCN(Cc3cc(CN4CCCCC4)cs3)CCC2=O)cc1. The van der Waals surface area contributed by atoms with Gasteiger partial charge in [-0.25, -0.2) is 0 Å². The molecule has 0 radical (unpaired) electrons. The van der Waals surface area contributed by atoms with Crippen LogP contribution >= 0.6 is 11.3 Å². The van der Waals surface area contributed by atoms with E-state index in [0.717, 1.165) is 44.0 Å². The number of hydrogen-bond acceptors (Lipinski definition) is 5. The monoisotopic (exact) mass is 427 g/mol. The van der Waals surface area contributed by atoms with Crippen molar-refractivity contribution in [2.45, 2.75) is 45.3 Å². The Labute approximate surface area is 184 Å². The number of benzene rings is 1. The van der Waals surface area contributed by atoms with E-state index in [-0.39, 0.29) is 5.91 Å². The zero-order chi connectivity index (χ0) is 20.8. The van der Waals surface area contributed by atoms with E-state index >= 15 is 0 Å². The number of ether oxygens (including phenoxy) is 1. The molecule has 6 heteroatoms. The van der Waals surface area contributed by atoms with Crippen LogP contribution in [0, 0.1) is 0 Å². The Bertz CT molecular complexity index is 814. The molecule has 162 valence electrons. The highest BCUT2D eigenvalue weighted by Gasteiger charge is 2.21. The number of thiophene rings is 1. The molecule has 2 saturated heterocycles. The lowest BCUT2D eigenvalue weighted by Crippen LogP contribution is -2.32. The summed E-state index contributed by atoms with van der Waals surface area (Å²) in [6.07, 6.45) is 4.66. The minimum Gasteiger partial charge on any atom is -0.497 e. The zero-order valence-corrected chi connectivity index (χ0v) is 18.8. The number of methoxy groups -OCH3 is 1. The van der Waals surface area contributed by atoms with Crippen LogP contribution in [0.3, 0.4) is 0 Å². The Balaban J connectivity index is 1.28. The first-order valence-corrected chi connectivity index (χ1v) is 12.0. The van der Waals surface area contributed by atoms with E-state index in [4.69, 9.17) is 4.74 Å². The second-order valence-electron chi connectivity index (χ2n) is 8.45. The first-order valence-electron chi connectivity index (χ1n) is 11.1. The minimum atomic E-state index is 0.255. The molecule has 4 rings (SSSR count). The number of carbonyl (C=O) groups excluding carboxylic acids is 1. The number of rotatable bonds is 7. The minimum absolute atomic E-state index is 0.255. The van der Waals surface area contributed by atoms with Gasteiger partial charge in [-0.1, -0.05) is 18.6 Å². The van der Waals surface area contributed by atoms with E-state index in [1.807, 2.05) is 40.5 Å². The van der Waals surface area contributed by atoms with Crippen molar-refractivity contribution in [2.24, 2.45) is 0 Å². The molecule has 5 nitrogen and oxygen atoms in total. The molecule has 1 aromatic carbocycles. The molecule has 0 saturated carbocycles. The fourth-order valence-electron chi connectivity index (χ4n) is 4.38. The fraction of sp³-hybridized carbons (Fsp3) is 0.542. The normalized spacial score (nSPS) is 19.1. The molecule has 0 bridgehead atoms. The predicted octanol–water partition coefficient (Wildman–Crippen LogP) is 3.98.